The van der Waals surface area contributed by atoms with Gasteiger partial charge in [0.05, 0.1) is 6.61 Å². The van der Waals surface area contributed by atoms with Crippen molar-refractivity contribution in [3.05, 3.63) is 134 Å². The highest BCUT2D eigenvalue weighted by Gasteiger charge is 2.17. The predicted octanol–water partition coefficient (Wildman–Crippen LogP) is 16.8. The van der Waals surface area contributed by atoms with Crippen molar-refractivity contribution in [2.75, 3.05) is 19.8 Å². The van der Waals surface area contributed by atoms with E-state index in [0.29, 0.717) is 19.4 Å². The molecule has 0 aromatic rings. The monoisotopic (exact) mass is 855 g/mol. The third kappa shape index (κ3) is 48.7. The van der Waals surface area contributed by atoms with E-state index in [1.807, 2.05) is 6.08 Å². The zero-order valence-corrected chi connectivity index (χ0v) is 39.8. The normalized spacial score (nSPS) is 13.4. The maximum Gasteiger partial charge on any atom is 0.306 e. The first-order chi connectivity index (χ1) is 30.6. The number of hydrogen-bond acceptors (Lipinski definition) is 5. The van der Waals surface area contributed by atoms with Crippen LogP contribution >= 0.6 is 0 Å². The average Bonchev–Trinajstić information content (AvgIpc) is 3.27. The maximum absolute atomic E-state index is 12.8. The Morgan fingerprint density at radius 3 is 1.24 bits per heavy atom. The van der Waals surface area contributed by atoms with Crippen LogP contribution in [0.2, 0.25) is 0 Å². The van der Waals surface area contributed by atoms with Gasteiger partial charge in [0, 0.05) is 19.4 Å². The third-order valence-electron chi connectivity index (χ3n) is 9.66. The van der Waals surface area contributed by atoms with Crippen LogP contribution in [-0.4, -0.2) is 37.9 Å². The van der Waals surface area contributed by atoms with Crippen LogP contribution < -0.4 is 0 Å². The Kier molecular flexibility index (Phi) is 48.1. The Morgan fingerprint density at radius 2 is 0.758 bits per heavy atom. The summed E-state index contributed by atoms with van der Waals surface area (Å²) in [7, 11) is 0. The molecule has 0 heterocycles. The van der Waals surface area contributed by atoms with Crippen molar-refractivity contribution in [1.82, 2.24) is 0 Å². The highest BCUT2D eigenvalue weighted by molar-refractivity contribution is 5.70. The molecule has 0 radical (unpaired) electrons. The fraction of sp³-hybridized carbons (Fsp3) is 0.579. The molecule has 0 aliphatic carbocycles. The Hall–Kier alpha value is -3.96. The van der Waals surface area contributed by atoms with Crippen molar-refractivity contribution < 1.29 is 23.8 Å². The molecule has 62 heavy (non-hydrogen) atoms. The topological polar surface area (TPSA) is 61.8 Å². The first-order valence-electron chi connectivity index (χ1n) is 24.7. The molecule has 1 unspecified atom stereocenters. The van der Waals surface area contributed by atoms with Crippen molar-refractivity contribution in [1.29, 1.82) is 0 Å². The molecule has 0 aliphatic heterocycles. The van der Waals surface area contributed by atoms with Gasteiger partial charge in [-0.25, -0.2) is 0 Å². The molecule has 0 aromatic carbocycles. The van der Waals surface area contributed by atoms with Crippen LogP contribution in [0.1, 0.15) is 188 Å². The van der Waals surface area contributed by atoms with E-state index in [-0.39, 0.29) is 31.6 Å². The van der Waals surface area contributed by atoms with Crippen molar-refractivity contribution >= 4 is 11.9 Å². The molecular formula is C57H90O5. The maximum atomic E-state index is 12.8. The second kappa shape index (κ2) is 51.4. The third-order valence-corrected chi connectivity index (χ3v) is 9.66. The first-order valence-corrected chi connectivity index (χ1v) is 24.7. The molecule has 0 bridgehead atoms. The number of carbonyl (C=O) groups is 2. The predicted molar refractivity (Wildman–Crippen MR) is 269 cm³/mol. The van der Waals surface area contributed by atoms with Crippen molar-refractivity contribution in [3.8, 4) is 0 Å². The summed E-state index contributed by atoms with van der Waals surface area (Å²) in [5.74, 6) is -0.547. The molecule has 0 amide bonds. The molecule has 348 valence electrons. The second-order valence-electron chi connectivity index (χ2n) is 15.6. The Balaban J connectivity index is 4.50. The number of carbonyl (C=O) groups excluding carboxylic acids is 2. The zero-order valence-electron chi connectivity index (χ0n) is 39.8. The minimum Gasteiger partial charge on any atom is -0.462 e. The fourth-order valence-corrected chi connectivity index (χ4v) is 6.06. The lowest BCUT2D eigenvalue weighted by Crippen LogP contribution is -2.30. The van der Waals surface area contributed by atoms with Gasteiger partial charge in [0.2, 0.25) is 0 Å². The molecular weight excluding hydrogens is 765 g/mol. The summed E-state index contributed by atoms with van der Waals surface area (Å²) in [4.78, 5) is 25.3. The molecule has 0 aromatic heterocycles. The summed E-state index contributed by atoms with van der Waals surface area (Å²) in [6.07, 6.45) is 73.4. The van der Waals surface area contributed by atoms with Gasteiger partial charge in [0.25, 0.3) is 0 Å². The van der Waals surface area contributed by atoms with Gasteiger partial charge < -0.3 is 14.2 Å². The SMILES string of the molecule is CC/C=C\C/C=C\C/C=C\C/C=C\C/C=C\C/C=C\CCC(=O)OCC(COCCC/C=C\C/C=C\C/C=C\C/C=C\CC)OC(=O)CCCCCCC/C=C\CCCCCC. The standard InChI is InChI=1S/C57H90O5/c1-4-7-10-13-16-19-22-25-27-28-29-30-31-33-35-38-41-44-47-50-56(58)61-54-55(53-60-52-49-46-43-40-37-34-26-23-20-17-14-11-8-5-2)62-57(59)51-48-45-42-39-36-32-24-21-18-15-12-9-6-3/h7-8,10-11,16-17,19-21,24-27,29-30,33-35,40-41,43-44,55H,4-6,9,12-15,18,22-23,28,31-32,36-39,42,45-54H2,1-3H3/b10-7-,11-8-,19-16-,20-17-,24-21-,27-25-,30-29-,34-26-,35-33-,43-40-,44-41-. The van der Waals surface area contributed by atoms with Gasteiger partial charge in [-0.3, -0.25) is 9.59 Å². The van der Waals surface area contributed by atoms with Gasteiger partial charge >= 0.3 is 11.9 Å². The number of allylic oxidation sites excluding steroid dienone is 22. The molecule has 5 heteroatoms. The van der Waals surface area contributed by atoms with Crippen molar-refractivity contribution in [2.45, 2.75) is 194 Å². The number of hydrogen-bond donors (Lipinski definition) is 0. The van der Waals surface area contributed by atoms with E-state index >= 15 is 0 Å². The summed E-state index contributed by atoms with van der Waals surface area (Å²) in [5.41, 5.74) is 0. The summed E-state index contributed by atoms with van der Waals surface area (Å²) in [5, 5.41) is 0. The Bertz CT molecular complexity index is 1330. The number of ether oxygens (including phenoxy) is 3. The van der Waals surface area contributed by atoms with E-state index in [4.69, 9.17) is 14.2 Å². The number of rotatable bonds is 43. The van der Waals surface area contributed by atoms with Gasteiger partial charge in [-0.15, -0.1) is 0 Å². The molecule has 0 saturated carbocycles. The van der Waals surface area contributed by atoms with Crippen LogP contribution in [0.5, 0.6) is 0 Å². The minimum atomic E-state index is -0.608. The van der Waals surface area contributed by atoms with Crippen LogP contribution in [-0.2, 0) is 23.8 Å². The molecule has 0 fully saturated rings. The number of unbranched alkanes of at least 4 members (excludes halogenated alkanes) is 10. The first kappa shape index (κ1) is 58.0. The van der Waals surface area contributed by atoms with E-state index in [2.05, 4.69) is 148 Å². The van der Waals surface area contributed by atoms with Crippen molar-refractivity contribution in [2.24, 2.45) is 0 Å². The van der Waals surface area contributed by atoms with E-state index in [1.54, 1.807) is 0 Å². The molecule has 0 aliphatic rings. The van der Waals surface area contributed by atoms with E-state index in [9.17, 15) is 9.59 Å². The summed E-state index contributed by atoms with van der Waals surface area (Å²) < 4.78 is 17.2. The molecule has 5 nitrogen and oxygen atoms in total. The van der Waals surface area contributed by atoms with Crippen LogP contribution in [0.15, 0.2) is 134 Å². The minimum absolute atomic E-state index is 0.0112. The lowest BCUT2D eigenvalue weighted by atomic mass is 10.1. The zero-order chi connectivity index (χ0) is 44.9. The van der Waals surface area contributed by atoms with Gasteiger partial charge in [-0.1, -0.05) is 193 Å². The van der Waals surface area contributed by atoms with Crippen LogP contribution in [0.25, 0.3) is 0 Å². The molecule has 0 N–H and O–H groups in total. The Labute approximate surface area is 381 Å². The fourth-order valence-electron chi connectivity index (χ4n) is 6.06. The van der Waals surface area contributed by atoms with Crippen LogP contribution in [0.3, 0.4) is 0 Å². The highest BCUT2D eigenvalue weighted by Crippen LogP contribution is 2.11. The second-order valence-corrected chi connectivity index (χ2v) is 15.6. The summed E-state index contributed by atoms with van der Waals surface area (Å²) in [6, 6.07) is 0. The number of esters is 2. The quantitative estimate of drug-likeness (QED) is 0.0347. The van der Waals surface area contributed by atoms with Gasteiger partial charge in [0.15, 0.2) is 6.10 Å². The average molecular weight is 855 g/mol. The molecule has 0 spiro atoms. The highest BCUT2D eigenvalue weighted by atomic mass is 16.6. The molecule has 1 atom stereocenters. The van der Waals surface area contributed by atoms with E-state index < -0.39 is 6.10 Å². The Morgan fingerprint density at radius 1 is 0.371 bits per heavy atom. The van der Waals surface area contributed by atoms with Crippen LogP contribution in [0, 0.1) is 0 Å². The molecule has 0 saturated heterocycles. The lowest BCUT2D eigenvalue weighted by Gasteiger charge is -2.18. The van der Waals surface area contributed by atoms with Crippen LogP contribution in [0.4, 0.5) is 0 Å². The largest absolute Gasteiger partial charge is 0.462 e. The van der Waals surface area contributed by atoms with Gasteiger partial charge in [0.1, 0.15) is 6.61 Å². The smallest absolute Gasteiger partial charge is 0.306 e. The van der Waals surface area contributed by atoms with Gasteiger partial charge in [-0.2, -0.15) is 0 Å². The summed E-state index contributed by atoms with van der Waals surface area (Å²) in [6.45, 7) is 7.33. The van der Waals surface area contributed by atoms with Gasteiger partial charge in [-0.05, 0) is 116 Å². The van der Waals surface area contributed by atoms with Crippen molar-refractivity contribution in [3.63, 3.8) is 0 Å². The summed E-state index contributed by atoms with van der Waals surface area (Å²) >= 11 is 0. The van der Waals surface area contributed by atoms with E-state index in [1.165, 1.54) is 44.9 Å². The van der Waals surface area contributed by atoms with E-state index in [0.717, 1.165) is 103 Å². The molecule has 0 rings (SSSR count). The lowest BCUT2D eigenvalue weighted by molar-refractivity contribution is -0.162.